The van der Waals surface area contributed by atoms with Gasteiger partial charge >= 0.3 is 0 Å². The summed E-state index contributed by atoms with van der Waals surface area (Å²) in [7, 11) is 1.77. The minimum atomic E-state index is 0.243. The Morgan fingerprint density at radius 3 is 2.86 bits per heavy atom. The standard InChI is InChI=1S/C16H25N3O2/c1-5-18-16(17-4)19-10-13-9-15-12(7-11(3)21-15)8-14(13)20-6-2/h8-9,11H,5-7,10H2,1-4H3,(H2,17,18,19). The van der Waals surface area contributed by atoms with E-state index in [4.69, 9.17) is 9.47 Å². The fraction of sp³-hybridized carbons (Fsp3) is 0.562. The first kappa shape index (κ1) is 15.5. The van der Waals surface area contributed by atoms with E-state index in [1.165, 1.54) is 5.56 Å². The van der Waals surface area contributed by atoms with Crippen LogP contribution in [-0.4, -0.2) is 32.3 Å². The summed E-state index contributed by atoms with van der Waals surface area (Å²) in [5.74, 6) is 2.68. The molecule has 1 aromatic carbocycles. The zero-order valence-corrected chi connectivity index (χ0v) is 13.3. The lowest BCUT2D eigenvalue weighted by Gasteiger charge is -2.15. The Labute approximate surface area is 126 Å². The maximum atomic E-state index is 5.83. The molecule has 116 valence electrons. The summed E-state index contributed by atoms with van der Waals surface area (Å²) in [6.45, 7) is 8.28. The number of rotatable bonds is 5. The van der Waals surface area contributed by atoms with Crippen molar-refractivity contribution in [2.24, 2.45) is 4.99 Å². The molecule has 5 nitrogen and oxygen atoms in total. The zero-order chi connectivity index (χ0) is 15.2. The van der Waals surface area contributed by atoms with Crippen LogP contribution in [0, 0.1) is 0 Å². The van der Waals surface area contributed by atoms with Crippen LogP contribution in [0.15, 0.2) is 17.1 Å². The lowest BCUT2D eigenvalue weighted by atomic mass is 10.1. The predicted octanol–water partition coefficient (Wildman–Crippen LogP) is 2.09. The van der Waals surface area contributed by atoms with E-state index in [-0.39, 0.29) is 6.10 Å². The van der Waals surface area contributed by atoms with Crippen molar-refractivity contribution in [2.75, 3.05) is 20.2 Å². The highest BCUT2D eigenvalue weighted by Crippen LogP contribution is 2.35. The third kappa shape index (κ3) is 3.80. The van der Waals surface area contributed by atoms with E-state index in [0.29, 0.717) is 13.2 Å². The third-order valence-electron chi connectivity index (χ3n) is 3.39. The minimum Gasteiger partial charge on any atom is -0.494 e. The Kier molecular flexibility index (Phi) is 5.31. The van der Waals surface area contributed by atoms with Crippen LogP contribution >= 0.6 is 0 Å². The van der Waals surface area contributed by atoms with E-state index in [0.717, 1.165) is 36.0 Å². The number of guanidine groups is 1. The fourth-order valence-corrected chi connectivity index (χ4v) is 2.48. The zero-order valence-electron chi connectivity index (χ0n) is 13.3. The topological polar surface area (TPSA) is 54.9 Å². The first-order valence-corrected chi connectivity index (χ1v) is 7.57. The molecule has 0 amide bonds. The quantitative estimate of drug-likeness (QED) is 0.644. The molecule has 1 aliphatic rings. The molecular formula is C16H25N3O2. The Morgan fingerprint density at radius 1 is 1.38 bits per heavy atom. The molecule has 0 aliphatic carbocycles. The molecule has 1 heterocycles. The molecule has 1 atom stereocenters. The van der Waals surface area contributed by atoms with Crippen molar-refractivity contribution >= 4 is 5.96 Å². The SMILES string of the molecule is CCNC(=NC)NCc1cc2c(cc1OCC)CC(C)O2. The van der Waals surface area contributed by atoms with Crippen LogP contribution in [0.5, 0.6) is 11.5 Å². The van der Waals surface area contributed by atoms with Crippen molar-refractivity contribution in [3.8, 4) is 11.5 Å². The van der Waals surface area contributed by atoms with Gasteiger partial charge in [-0.05, 0) is 32.9 Å². The number of hydrogen-bond donors (Lipinski definition) is 2. The van der Waals surface area contributed by atoms with Gasteiger partial charge in [0.1, 0.15) is 17.6 Å². The molecule has 0 radical (unpaired) electrons. The Morgan fingerprint density at radius 2 is 2.19 bits per heavy atom. The summed E-state index contributed by atoms with van der Waals surface area (Å²) >= 11 is 0. The van der Waals surface area contributed by atoms with Gasteiger partial charge in [0.15, 0.2) is 5.96 Å². The molecule has 0 saturated heterocycles. The van der Waals surface area contributed by atoms with Gasteiger partial charge in [0, 0.05) is 37.7 Å². The second kappa shape index (κ2) is 7.20. The summed E-state index contributed by atoms with van der Waals surface area (Å²) in [6.07, 6.45) is 1.19. The molecule has 0 saturated carbocycles. The van der Waals surface area contributed by atoms with Gasteiger partial charge in [0.2, 0.25) is 0 Å². The Bertz CT molecular complexity index is 514. The number of benzene rings is 1. The molecule has 1 unspecified atom stereocenters. The molecule has 0 fully saturated rings. The molecule has 2 N–H and O–H groups in total. The Hall–Kier alpha value is -1.91. The number of hydrogen-bond acceptors (Lipinski definition) is 3. The van der Waals surface area contributed by atoms with Crippen LogP contribution in [0.3, 0.4) is 0 Å². The molecule has 21 heavy (non-hydrogen) atoms. The summed E-state index contributed by atoms with van der Waals surface area (Å²) in [5.41, 5.74) is 2.31. The first-order valence-electron chi connectivity index (χ1n) is 7.57. The molecule has 1 aliphatic heterocycles. The van der Waals surface area contributed by atoms with Gasteiger partial charge in [0.25, 0.3) is 0 Å². The van der Waals surface area contributed by atoms with Crippen LogP contribution in [0.1, 0.15) is 31.9 Å². The van der Waals surface area contributed by atoms with Crippen molar-refractivity contribution in [2.45, 2.75) is 39.8 Å². The summed E-state index contributed by atoms with van der Waals surface area (Å²) in [4.78, 5) is 4.18. The molecule has 0 aromatic heterocycles. The average Bonchev–Trinajstić information content (AvgIpc) is 2.82. The van der Waals surface area contributed by atoms with Crippen molar-refractivity contribution in [1.82, 2.24) is 10.6 Å². The van der Waals surface area contributed by atoms with E-state index in [9.17, 15) is 0 Å². The van der Waals surface area contributed by atoms with Gasteiger partial charge in [0.05, 0.1) is 6.61 Å². The first-order chi connectivity index (χ1) is 10.2. The van der Waals surface area contributed by atoms with Crippen LogP contribution in [0.2, 0.25) is 0 Å². The predicted molar refractivity (Wildman–Crippen MR) is 85.3 cm³/mol. The lowest BCUT2D eigenvalue weighted by molar-refractivity contribution is 0.254. The van der Waals surface area contributed by atoms with Gasteiger partial charge < -0.3 is 20.1 Å². The smallest absolute Gasteiger partial charge is 0.191 e. The van der Waals surface area contributed by atoms with Crippen molar-refractivity contribution in [3.63, 3.8) is 0 Å². The number of fused-ring (bicyclic) bond motifs is 1. The maximum absolute atomic E-state index is 5.83. The van der Waals surface area contributed by atoms with E-state index >= 15 is 0 Å². The van der Waals surface area contributed by atoms with E-state index in [1.54, 1.807) is 7.05 Å². The number of aliphatic imine (C=N–C) groups is 1. The monoisotopic (exact) mass is 291 g/mol. The van der Waals surface area contributed by atoms with Gasteiger partial charge in [-0.3, -0.25) is 4.99 Å². The highest BCUT2D eigenvalue weighted by atomic mass is 16.5. The molecule has 5 heteroatoms. The van der Waals surface area contributed by atoms with Gasteiger partial charge in [-0.15, -0.1) is 0 Å². The molecule has 2 rings (SSSR count). The van der Waals surface area contributed by atoms with Gasteiger partial charge in [-0.25, -0.2) is 0 Å². The van der Waals surface area contributed by atoms with E-state index in [1.807, 2.05) is 13.8 Å². The highest BCUT2D eigenvalue weighted by molar-refractivity contribution is 5.79. The number of nitrogens with zero attached hydrogens (tertiary/aromatic N) is 1. The highest BCUT2D eigenvalue weighted by Gasteiger charge is 2.21. The average molecular weight is 291 g/mol. The lowest BCUT2D eigenvalue weighted by Crippen LogP contribution is -2.36. The van der Waals surface area contributed by atoms with Crippen molar-refractivity contribution in [1.29, 1.82) is 0 Å². The largest absolute Gasteiger partial charge is 0.494 e. The normalized spacial score (nSPS) is 17.1. The number of ether oxygens (including phenoxy) is 2. The van der Waals surface area contributed by atoms with Crippen molar-refractivity contribution in [3.05, 3.63) is 23.3 Å². The van der Waals surface area contributed by atoms with E-state index < -0.39 is 0 Å². The molecule has 0 spiro atoms. The minimum absolute atomic E-state index is 0.243. The molecule has 1 aromatic rings. The van der Waals surface area contributed by atoms with Crippen molar-refractivity contribution < 1.29 is 9.47 Å². The fourth-order valence-electron chi connectivity index (χ4n) is 2.48. The van der Waals surface area contributed by atoms with E-state index in [2.05, 4.69) is 34.7 Å². The van der Waals surface area contributed by atoms with Crippen LogP contribution < -0.4 is 20.1 Å². The van der Waals surface area contributed by atoms with Crippen LogP contribution in [-0.2, 0) is 13.0 Å². The second-order valence-corrected chi connectivity index (χ2v) is 5.09. The number of nitrogens with one attached hydrogen (secondary N) is 2. The Balaban J connectivity index is 2.16. The van der Waals surface area contributed by atoms with Crippen LogP contribution in [0.4, 0.5) is 0 Å². The third-order valence-corrected chi connectivity index (χ3v) is 3.39. The van der Waals surface area contributed by atoms with Gasteiger partial charge in [-0.2, -0.15) is 0 Å². The maximum Gasteiger partial charge on any atom is 0.191 e. The summed E-state index contributed by atoms with van der Waals surface area (Å²) in [5, 5.41) is 6.47. The van der Waals surface area contributed by atoms with Gasteiger partial charge in [-0.1, -0.05) is 0 Å². The second-order valence-electron chi connectivity index (χ2n) is 5.09. The molecule has 0 bridgehead atoms. The summed E-state index contributed by atoms with van der Waals surface area (Å²) < 4.78 is 11.6. The molecular weight excluding hydrogens is 266 g/mol. The van der Waals surface area contributed by atoms with Crippen LogP contribution in [0.25, 0.3) is 0 Å². The summed E-state index contributed by atoms with van der Waals surface area (Å²) in [6, 6.07) is 4.19.